The van der Waals surface area contributed by atoms with E-state index in [2.05, 4.69) is 0 Å². The monoisotopic (exact) mass is 293 g/mol. The Morgan fingerprint density at radius 1 is 1.18 bits per heavy atom. The minimum Gasteiger partial charge on any atom is -0.497 e. The third-order valence-electron chi connectivity index (χ3n) is 3.00. The molecule has 0 N–H and O–H groups in total. The van der Waals surface area contributed by atoms with E-state index >= 15 is 0 Å². The summed E-state index contributed by atoms with van der Waals surface area (Å²) in [5.41, 5.74) is 1.33. The Hall–Kier alpha value is -3.06. The fraction of sp³-hybridized carbons (Fsp3) is 0.111. The highest BCUT2D eigenvalue weighted by molar-refractivity contribution is 6.07. The molecule has 0 aliphatic carbocycles. The second kappa shape index (κ2) is 7.65. The van der Waals surface area contributed by atoms with Crippen molar-refractivity contribution in [3.05, 3.63) is 65.7 Å². The molecular formula is C18H15NO3. The molecule has 0 atom stereocenters. The Labute approximate surface area is 129 Å². The lowest BCUT2D eigenvalue weighted by atomic mass is 10.1. The van der Waals surface area contributed by atoms with Crippen molar-refractivity contribution in [3.8, 4) is 17.6 Å². The van der Waals surface area contributed by atoms with E-state index in [1.165, 1.54) is 6.08 Å². The van der Waals surface area contributed by atoms with Crippen LogP contribution in [0, 0.1) is 11.3 Å². The SMILES string of the molecule is COc1ccc(C(=O)/C=C/c2ccccc2OCC#N)cc1. The molecule has 22 heavy (non-hydrogen) atoms. The molecule has 0 spiro atoms. The maximum atomic E-state index is 12.1. The van der Waals surface area contributed by atoms with E-state index < -0.39 is 0 Å². The maximum Gasteiger partial charge on any atom is 0.185 e. The van der Waals surface area contributed by atoms with Gasteiger partial charge < -0.3 is 9.47 Å². The predicted octanol–water partition coefficient (Wildman–Crippen LogP) is 3.49. The number of carbonyl (C=O) groups is 1. The van der Waals surface area contributed by atoms with Gasteiger partial charge in [0.25, 0.3) is 0 Å². The smallest absolute Gasteiger partial charge is 0.185 e. The standard InChI is InChI=1S/C18H15NO3/c1-21-16-9-6-14(7-10-16)17(20)11-8-15-4-2-3-5-18(15)22-13-12-19/h2-11H,13H2,1H3/b11-8+. The number of benzene rings is 2. The van der Waals surface area contributed by atoms with Crippen LogP contribution in [-0.2, 0) is 0 Å². The third-order valence-corrected chi connectivity index (χ3v) is 3.00. The van der Waals surface area contributed by atoms with Gasteiger partial charge in [0.2, 0.25) is 0 Å². The summed E-state index contributed by atoms with van der Waals surface area (Å²) in [7, 11) is 1.58. The number of nitrogens with zero attached hydrogens (tertiary/aromatic N) is 1. The molecule has 0 radical (unpaired) electrons. The second-order valence-corrected chi connectivity index (χ2v) is 4.41. The van der Waals surface area contributed by atoms with Crippen LogP contribution in [0.2, 0.25) is 0 Å². The van der Waals surface area contributed by atoms with Crippen LogP contribution in [-0.4, -0.2) is 19.5 Å². The summed E-state index contributed by atoms with van der Waals surface area (Å²) in [5, 5.41) is 8.57. The fourth-order valence-electron chi connectivity index (χ4n) is 1.88. The molecule has 0 fully saturated rings. The van der Waals surface area contributed by atoms with E-state index in [-0.39, 0.29) is 12.4 Å². The van der Waals surface area contributed by atoms with Crippen molar-refractivity contribution in [1.82, 2.24) is 0 Å². The van der Waals surface area contributed by atoms with Gasteiger partial charge >= 0.3 is 0 Å². The molecular weight excluding hydrogens is 278 g/mol. The molecule has 0 saturated heterocycles. The number of allylic oxidation sites excluding steroid dienone is 1. The van der Waals surface area contributed by atoms with E-state index in [9.17, 15) is 4.79 Å². The summed E-state index contributed by atoms with van der Waals surface area (Å²) in [5.74, 6) is 1.16. The van der Waals surface area contributed by atoms with Gasteiger partial charge in [-0.2, -0.15) is 5.26 Å². The highest BCUT2D eigenvalue weighted by atomic mass is 16.5. The van der Waals surface area contributed by atoms with Gasteiger partial charge in [-0.25, -0.2) is 0 Å². The summed E-state index contributed by atoms with van der Waals surface area (Å²) in [6.45, 7) is -0.0305. The summed E-state index contributed by atoms with van der Waals surface area (Å²) in [6, 6.07) is 16.1. The van der Waals surface area contributed by atoms with Crippen LogP contribution in [0.5, 0.6) is 11.5 Å². The van der Waals surface area contributed by atoms with Crippen molar-refractivity contribution < 1.29 is 14.3 Å². The Bertz CT molecular complexity index is 712. The van der Waals surface area contributed by atoms with Crippen molar-refractivity contribution >= 4 is 11.9 Å². The first-order valence-electron chi connectivity index (χ1n) is 6.70. The van der Waals surface area contributed by atoms with Crippen molar-refractivity contribution in [3.63, 3.8) is 0 Å². The molecule has 4 nitrogen and oxygen atoms in total. The summed E-state index contributed by atoms with van der Waals surface area (Å²) < 4.78 is 10.4. The zero-order chi connectivity index (χ0) is 15.8. The Balaban J connectivity index is 2.13. The minimum atomic E-state index is -0.113. The van der Waals surface area contributed by atoms with Crippen LogP contribution < -0.4 is 9.47 Å². The number of methoxy groups -OCH3 is 1. The Morgan fingerprint density at radius 3 is 2.59 bits per heavy atom. The number of ketones is 1. The fourth-order valence-corrected chi connectivity index (χ4v) is 1.88. The van der Waals surface area contributed by atoms with Gasteiger partial charge in [-0.15, -0.1) is 0 Å². The number of rotatable bonds is 6. The number of carbonyl (C=O) groups excluding carboxylic acids is 1. The average Bonchev–Trinajstić information content (AvgIpc) is 2.58. The molecule has 0 aliphatic heterocycles. The van der Waals surface area contributed by atoms with E-state index in [0.717, 1.165) is 5.56 Å². The van der Waals surface area contributed by atoms with Gasteiger partial charge in [-0.05, 0) is 42.5 Å². The maximum absolute atomic E-state index is 12.1. The molecule has 4 heteroatoms. The van der Waals surface area contributed by atoms with Gasteiger partial charge in [0.05, 0.1) is 7.11 Å². The quantitative estimate of drug-likeness (QED) is 0.604. The van der Waals surface area contributed by atoms with Crippen LogP contribution in [0.25, 0.3) is 6.08 Å². The second-order valence-electron chi connectivity index (χ2n) is 4.41. The average molecular weight is 293 g/mol. The summed E-state index contributed by atoms with van der Waals surface area (Å²) in [4.78, 5) is 12.1. The normalized spacial score (nSPS) is 10.2. The largest absolute Gasteiger partial charge is 0.497 e. The number of para-hydroxylation sites is 1. The lowest BCUT2D eigenvalue weighted by molar-refractivity contribution is 0.104. The molecule has 0 unspecified atom stereocenters. The summed E-state index contributed by atoms with van der Waals surface area (Å²) in [6.07, 6.45) is 3.16. The lowest BCUT2D eigenvalue weighted by Gasteiger charge is -2.05. The van der Waals surface area contributed by atoms with E-state index in [0.29, 0.717) is 17.1 Å². The molecule has 0 saturated carbocycles. The molecule has 0 amide bonds. The van der Waals surface area contributed by atoms with Gasteiger partial charge in [-0.3, -0.25) is 4.79 Å². The van der Waals surface area contributed by atoms with Crippen molar-refractivity contribution in [2.45, 2.75) is 0 Å². The Kier molecular flexibility index (Phi) is 5.33. The predicted molar refractivity (Wildman–Crippen MR) is 83.9 cm³/mol. The first-order valence-corrected chi connectivity index (χ1v) is 6.70. The van der Waals surface area contributed by atoms with Crippen LogP contribution in [0.1, 0.15) is 15.9 Å². The molecule has 0 bridgehead atoms. The number of hydrogen-bond acceptors (Lipinski definition) is 4. The molecule has 2 aromatic rings. The van der Waals surface area contributed by atoms with Crippen LogP contribution in [0.4, 0.5) is 0 Å². The number of hydrogen-bond donors (Lipinski definition) is 0. The van der Waals surface area contributed by atoms with Gasteiger partial charge in [0.15, 0.2) is 12.4 Å². The van der Waals surface area contributed by atoms with Crippen molar-refractivity contribution in [1.29, 1.82) is 5.26 Å². The van der Waals surface area contributed by atoms with Crippen molar-refractivity contribution in [2.24, 2.45) is 0 Å². The topological polar surface area (TPSA) is 59.3 Å². The third kappa shape index (κ3) is 3.97. The van der Waals surface area contributed by atoms with Gasteiger partial charge in [0, 0.05) is 11.1 Å². The summed E-state index contributed by atoms with van der Waals surface area (Å²) >= 11 is 0. The molecule has 110 valence electrons. The van der Waals surface area contributed by atoms with Gasteiger partial charge in [0.1, 0.15) is 17.6 Å². The highest BCUT2D eigenvalue weighted by Crippen LogP contribution is 2.20. The minimum absolute atomic E-state index is 0.0305. The van der Waals surface area contributed by atoms with Gasteiger partial charge in [-0.1, -0.05) is 18.2 Å². The highest BCUT2D eigenvalue weighted by Gasteiger charge is 2.04. The molecule has 0 aliphatic rings. The van der Waals surface area contributed by atoms with E-state index in [1.807, 2.05) is 24.3 Å². The molecule has 2 rings (SSSR count). The first kappa shape index (κ1) is 15.3. The molecule has 0 aromatic heterocycles. The zero-order valence-corrected chi connectivity index (χ0v) is 12.2. The molecule has 0 heterocycles. The number of ether oxygens (including phenoxy) is 2. The Morgan fingerprint density at radius 2 is 1.91 bits per heavy atom. The number of nitriles is 1. The first-order chi connectivity index (χ1) is 10.7. The van der Waals surface area contributed by atoms with Crippen LogP contribution in [0.3, 0.4) is 0 Å². The van der Waals surface area contributed by atoms with Crippen LogP contribution >= 0.6 is 0 Å². The van der Waals surface area contributed by atoms with E-state index in [1.54, 1.807) is 43.5 Å². The van der Waals surface area contributed by atoms with Crippen molar-refractivity contribution in [2.75, 3.05) is 13.7 Å². The zero-order valence-electron chi connectivity index (χ0n) is 12.2. The van der Waals surface area contributed by atoms with E-state index in [4.69, 9.17) is 14.7 Å². The lowest BCUT2D eigenvalue weighted by Crippen LogP contribution is -1.96. The molecule has 2 aromatic carbocycles. The van der Waals surface area contributed by atoms with Crippen LogP contribution in [0.15, 0.2) is 54.6 Å².